The minimum atomic E-state index is 0.276. The van der Waals surface area contributed by atoms with Crippen molar-refractivity contribution < 1.29 is 4.74 Å². The average Bonchev–Trinajstić information content (AvgIpc) is 3.17. The van der Waals surface area contributed by atoms with E-state index >= 15 is 0 Å². The number of ether oxygens (including phenoxy) is 1. The van der Waals surface area contributed by atoms with Gasteiger partial charge in [-0.1, -0.05) is 12.1 Å². The van der Waals surface area contributed by atoms with Gasteiger partial charge >= 0.3 is 0 Å². The van der Waals surface area contributed by atoms with Gasteiger partial charge < -0.3 is 15.4 Å². The maximum absolute atomic E-state index is 5.94. The first-order valence-corrected chi connectivity index (χ1v) is 7.87. The lowest BCUT2D eigenvalue weighted by atomic mass is 10.1. The van der Waals surface area contributed by atoms with Crippen molar-refractivity contribution in [2.75, 3.05) is 36.9 Å². The topological polar surface area (TPSA) is 82.1 Å². The van der Waals surface area contributed by atoms with Gasteiger partial charge in [0.25, 0.3) is 0 Å². The molecule has 7 nitrogen and oxygen atoms in total. The highest BCUT2D eigenvalue weighted by Crippen LogP contribution is 2.25. The van der Waals surface area contributed by atoms with Crippen molar-refractivity contribution >= 4 is 11.8 Å². The van der Waals surface area contributed by atoms with Crippen LogP contribution in [0.25, 0.3) is 16.9 Å². The summed E-state index contributed by atoms with van der Waals surface area (Å²) in [5.41, 5.74) is 8.70. The van der Waals surface area contributed by atoms with Crippen molar-refractivity contribution in [3.63, 3.8) is 0 Å². The van der Waals surface area contributed by atoms with Gasteiger partial charge in [-0.15, -0.1) is 0 Å². The van der Waals surface area contributed by atoms with Gasteiger partial charge in [0.15, 0.2) is 0 Å². The van der Waals surface area contributed by atoms with Gasteiger partial charge in [-0.3, -0.25) is 0 Å². The molecule has 4 rings (SSSR count). The van der Waals surface area contributed by atoms with Gasteiger partial charge in [0.1, 0.15) is 5.82 Å². The number of anilines is 2. The van der Waals surface area contributed by atoms with Crippen molar-refractivity contribution in [1.29, 1.82) is 0 Å². The quantitative estimate of drug-likeness (QED) is 0.791. The Morgan fingerprint density at radius 2 is 1.92 bits per heavy atom. The lowest BCUT2D eigenvalue weighted by Crippen LogP contribution is -2.36. The van der Waals surface area contributed by atoms with E-state index in [4.69, 9.17) is 10.5 Å². The number of hydrogen-bond donors (Lipinski definition) is 1. The highest BCUT2D eigenvalue weighted by molar-refractivity contribution is 5.66. The molecule has 0 bridgehead atoms. The molecule has 0 amide bonds. The van der Waals surface area contributed by atoms with Gasteiger partial charge in [-0.05, 0) is 18.2 Å². The van der Waals surface area contributed by atoms with Crippen LogP contribution in [0.15, 0.2) is 48.8 Å². The lowest BCUT2D eigenvalue weighted by molar-refractivity contribution is 0.122. The lowest BCUT2D eigenvalue weighted by Gasteiger charge is -2.28. The van der Waals surface area contributed by atoms with Crippen molar-refractivity contribution in [3.05, 3.63) is 48.8 Å². The normalized spacial score (nSPS) is 14.8. The zero-order valence-corrected chi connectivity index (χ0v) is 13.2. The van der Waals surface area contributed by atoms with E-state index in [9.17, 15) is 0 Å². The molecule has 0 atom stereocenters. The van der Waals surface area contributed by atoms with Crippen LogP contribution in [-0.4, -0.2) is 46.1 Å². The zero-order chi connectivity index (χ0) is 16.4. The summed E-state index contributed by atoms with van der Waals surface area (Å²) in [4.78, 5) is 10.9. The zero-order valence-electron chi connectivity index (χ0n) is 13.2. The van der Waals surface area contributed by atoms with Gasteiger partial charge in [-0.2, -0.15) is 10.1 Å². The minimum absolute atomic E-state index is 0.276. The maximum Gasteiger partial charge on any atom is 0.222 e. The number of benzene rings is 1. The SMILES string of the molecule is Nc1nc(-c2cccc(-n3cccn3)c2)cc(N2CCOCC2)n1. The number of nitrogen functional groups attached to an aromatic ring is 1. The van der Waals surface area contributed by atoms with Crippen molar-refractivity contribution in [2.24, 2.45) is 0 Å². The molecule has 0 spiro atoms. The second-order valence-corrected chi connectivity index (χ2v) is 5.57. The molecular formula is C17H18N6O. The fourth-order valence-corrected chi connectivity index (χ4v) is 2.78. The minimum Gasteiger partial charge on any atom is -0.378 e. The van der Waals surface area contributed by atoms with Gasteiger partial charge in [0.05, 0.1) is 24.6 Å². The molecule has 2 N–H and O–H groups in total. The Morgan fingerprint density at radius 3 is 2.71 bits per heavy atom. The van der Waals surface area contributed by atoms with Crippen LogP contribution in [0.2, 0.25) is 0 Å². The fourth-order valence-electron chi connectivity index (χ4n) is 2.78. The molecular weight excluding hydrogens is 304 g/mol. The van der Waals surface area contributed by atoms with Crippen LogP contribution in [-0.2, 0) is 4.74 Å². The van der Waals surface area contributed by atoms with Crippen LogP contribution < -0.4 is 10.6 Å². The molecule has 24 heavy (non-hydrogen) atoms. The van der Waals surface area contributed by atoms with Gasteiger partial charge in [0, 0.05) is 37.1 Å². The van der Waals surface area contributed by atoms with E-state index in [1.54, 1.807) is 6.20 Å². The fraction of sp³-hybridized carbons (Fsp3) is 0.235. The third kappa shape index (κ3) is 2.93. The molecule has 0 unspecified atom stereocenters. The largest absolute Gasteiger partial charge is 0.378 e. The number of nitrogens with zero attached hydrogens (tertiary/aromatic N) is 5. The van der Waals surface area contributed by atoms with Gasteiger partial charge in [-0.25, -0.2) is 9.67 Å². The molecule has 1 saturated heterocycles. The monoisotopic (exact) mass is 322 g/mol. The Balaban J connectivity index is 1.71. The molecule has 3 heterocycles. The predicted octanol–water partition coefficient (Wildman–Crippen LogP) is 1.75. The van der Waals surface area contributed by atoms with Crippen molar-refractivity contribution in [3.8, 4) is 16.9 Å². The first-order valence-electron chi connectivity index (χ1n) is 7.87. The summed E-state index contributed by atoms with van der Waals surface area (Å²) < 4.78 is 7.21. The predicted molar refractivity (Wildman–Crippen MR) is 92.0 cm³/mol. The van der Waals surface area contributed by atoms with Gasteiger partial charge in [0.2, 0.25) is 5.95 Å². The number of rotatable bonds is 3. The first-order chi connectivity index (χ1) is 11.8. The van der Waals surface area contributed by atoms with Crippen LogP contribution in [0.3, 0.4) is 0 Å². The average molecular weight is 322 g/mol. The third-order valence-electron chi connectivity index (χ3n) is 3.98. The second-order valence-electron chi connectivity index (χ2n) is 5.57. The molecule has 0 saturated carbocycles. The molecule has 3 aromatic rings. The Bertz CT molecular complexity index is 827. The van der Waals surface area contributed by atoms with E-state index in [-0.39, 0.29) is 5.95 Å². The summed E-state index contributed by atoms with van der Waals surface area (Å²) in [6.07, 6.45) is 3.67. The molecule has 2 aromatic heterocycles. The number of morpholine rings is 1. The molecule has 1 aliphatic heterocycles. The van der Waals surface area contributed by atoms with Crippen molar-refractivity contribution in [2.45, 2.75) is 0 Å². The van der Waals surface area contributed by atoms with Crippen molar-refractivity contribution in [1.82, 2.24) is 19.7 Å². The van der Waals surface area contributed by atoms with E-state index in [0.29, 0.717) is 13.2 Å². The van der Waals surface area contributed by atoms with Crippen LogP contribution >= 0.6 is 0 Å². The summed E-state index contributed by atoms with van der Waals surface area (Å²) in [6.45, 7) is 3.02. The Labute approximate surface area is 139 Å². The number of nitrogens with two attached hydrogens (primary N) is 1. The van der Waals surface area contributed by atoms with Crippen LogP contribution in [0.4, 0.5) is 11.8 Å². The van der Waals surface area contributed by atoms with E-state index < -0.39 is 0 Å². The van der Waals surface area contributed by atoms with E-state index in [1.807, 2.05) is 47.3 Å². The van der Waals surface area contributed by atoms with Crippen LogP contribution in [0.1, 0.15) is 0 Å². The molecule has 7 heteroatoms. The summed E-state index contributed by atoms with van der Waals surface area (Å²) in [5.74, 6) is 1.11. The highest BCUT2D eigenvalue weighted by Gasteiger charge is 2.15. The molecule has 1 aliphatic rings. The molecule has 0 aliphatic carbocycles. The summed E-state index contributed by atoms with van der Waals surface area (Å²) in [5, 5.41) is 4.27. The van der Waals surface area contributed by atoms with Crippen LogP contribution in [0.5, 0.6) is 0 Å². The van der Waals surface area contributed by atoms with E-state index in [2.05, 4.69) is 20.0 Å². The summed E-state index contributed by atoms with van der Waals surface area (Å²) in [6, 6.07) is 11.9. The Hall–Kier alpha value is -2.93. The van der Waals surface area contributed by atoms with E-state index in [1.165, 1.54) is 0 Å². The summed E-state index contributed by atoms with van der Waals surface area (Å²) >= 11 is 0. The standard InChI is InChI=1S/C17H18N6O/c18-17-20-15(12-16(21-17)22-7-9-24-10-8-22)13-3-1-4-14(11-13)23-6-2-5-19-23/h1-6,11-12H,7-10H2,(H2,18,20,21). The smallest absolute Gasteiger partial charge is 0.222 e. The third-order valence-corrected chi connectivity index (χ3v) is 3.98. The molecule has 0 radical (unpaired) electrons. The summed E-state index contributed by atoms with van der Waals surface area (Å²) in [7, 11) is 0. The molecule has 1 aromatic carbocycles. The Kier molecular flexibility index (Phi) is 3.84. The second kappa shape index (κ2) is 6.29. The van der Waals surface area contributed by atoms with Crippen LogP contribution in [0, 0.1) is 0 Å². The molecule has 122 valence electrons. The Morgan fingerprint density at radius 1 is 1.04 bits per heavy atom. The first kappa shape index (κ1) is 14.6. The number of hydrogen-bond acceptors (Lipinski definition) is 6. The number of aromatic nitrogens is 4. The maximum atomic E-state index is 5.94. The van der Waals surface area contributed by atoms with E-state index in [0.717, 1.165) is 35.9 Å². The molecule has 1 fully saturated rings. The highest BCUT2D eigenvalue weighted by atomic mass is 16.5.